The van der Waals surface area contributed by atoms with E-state index in [0.717, 1.165) is 26.6 Å². The molecule has 0 spiro atoms. The lowest BCUT2D eigenvalue weighted by molar-refractivity contribution is -0.142. The summed E-state index contributed by atoms with van der Waals surface area (Å²) >= 11 is 12.2. The number of pyridine rings is 1. The van der Waals surface area contributed by atoms with Crippen LogP contribution in [0.4, 0.5) is 5.82 Å². The number of amides is 1. The van der Waals surface area contributed by atoms with Gasteiger partial charge in [0, 0.05) is 20.0 Å². The van der Waals surface area contributed by atoms with Gasteiger partial charge in [0.05, 0.1) is 27.4 Å². The summed E-state index contributed by atoms with van der Waals surface area (Å²) in [5.74, 6) is -0.112. The Morgan fingerprint density at radius 1 is 0.906 bits per heavy atom. The van der Waals surface area contributed by atoms with Crippen molar-refractivity contribution in [1.82, 2.24) is 14.6 Å². The lowest BCUT2D eigenvalue weighted by atomic mass is 9.93. The van der Waals surface area contributed by atoms with Crippen molar-refractivity contribution in [2.45, 2.75) is 56.0 Å². The Balaban J connectivity index is 1.02. The van der Waals surface area contributed by atoms with Crippen molar-refractivity contribution < 1.29 is 37.3 Å². The number of nitrogens with one attached hydrogen (secondary N) is 2. The number of nitriles is 1. The van der Waals surface area contributed by atoms with Gasteiger partial charge in [-0.05, 0) is 113 Å². The van der Waals surface area contributed by atoms with Gasteiger partial charge in [-0.3, -0.25) is 4.79 Å². The number of rotatable bonds is 13. The molecule has 0 saturated carbocycles. The van der Waals surface area contributed by atoms with Crippen LogP contribution in [0.5, 0.6) is 17.2 Å². The van der Waals surface area contributed by atoms with E-state index in [1.54, 1.807) is 62.5 Å². The zero-order valence-corrected chi connectivity index (χ0v) is 36.9. The van der Waals surface area contributed by atoms with E-state index in [4.69, 9.17) is 42.7 Å². The first-order valence-electron chi connectivity index (χ1n) is 20.2. The van der Waals surface area contributed by atoms with E-state index in [2.05, 4.69) is 21.7 Å². The number of carbonyl (C=O) groups is 2. The lowest BCUT2D eigenvalue weighted by Gasteiger charge is -2.37. The Labute approximate surface area is 380 Å². The van der Waals surface area contributed by atoms with Crippen LogP contribution in [-0.4, -0.2) is 60.4 Å². The van der Waals surface area contributed by atoms with Gasteiger partial charge in [0.15, 0.2) is 17.6 Å². The number of benzene rings is 5. The van der Waals surface area contributed by atoms with Crippen molar-refractivity contribution in [3.05, 3.63) is 164 Å². The van der Waals surface area contributed by atoms with E-state index >= 15 is 0 Å². The van der Waals surface area contributed by atoms with Crippen molar-refractivity contribution in [2.24, 2.45) is 0 Å². The van der Waals surface area contributed by atoms with Gasteiger partial charge in [0.1, 0.15) is 41.8 Å². The van der Waals surface area contributed by atoms with Crippen molar-refractivity contribution >= 4 is 50.9 Å². The summed E-state index contributed by atoms with van der Waals surface area (Å²) in [5.41, 5.74) is 6.08. The molecule has 0 bridgehead atoms. The molecule has 0 radical (unpaired) electrons. The number of fused-ring (bicyclic) bond motifs is 2. The standard InChI is InChI=1S/C48H41Cl2N5O8S/c1-28-45(17-18-46(52-2)53-28)64(59,60)55-25-36-23-43-42(62-27-44(63-43)34-12-14-37(15-13-34)61-26-31-7-16-38(49)39(50)19-31)22-35(36)21-41(55)47(56)54-40(48(57)58)20-29-3-8-32(9-4-29)33-10-5-30(24-51)6-11-33/h3-19,22-23,40-41,44H,20-21,25-27H2,1-2H3,(H,52,53)(H,54,56)(H,57,58)/t40-,41-,44+/m0/s1. The summed E-state index contributed by atoms with van der Waals surface area (Å²) in [6.45, 7) is 1.83. The maximum atomic E-state index is 14.6. The van der Waals surface area contributed by atoms with E-state index < -0.39 is 40.1 Å². The average Bonchev–Trinajstić information content (AvgIpc) is 3.30. The number of nitrogens with zero attached hydrogens (tertiary/aromatic N) is 3. The molecule has 2 aliphatic heterocycles. The number of aliphatic carboxylic acids is 1. The molecule has 16 heteroatoms. The van der Waals surface area contributed by atoms with Crippen LogP contribution in [0.25, 0.3) is 11.1 Å². The molecular weight excluding hydrogens is 878 g/mol. The molecule has 8 rings (SSSR count). The predicted octanol–water partition coefficient (Wildman–Crippen LogP) is 8.30. The third-order valence-electron chi connectivity index (χ3n) is 11.2. The number of aromatic nitrogens is 1. The quantitative estimate of drug-likeness (QED) is 0.101. The van der Waals surface area contributed by atoms with E-state index in [9.17, 15) is 23.1 Å². The third-order valence-corrected chi connectivity index (χ3v) is 13.9. The molecule has 326 valence electrons. The Bertz CT molecular complexity index is 2890. The first-order valence-corrected chi connectivity index (χ1v) is 22.4. The van der Waals surface area contributed by atoms with Gasteiger partial charge >= 0.3 is 5.97 Å². The molecule has 1 aromatic heterocycles. The second kappa shape index (κ2) is 18.6. The number of halogens is 2. The smallest absolute Gasteiger partial charge is 0.326 e. The van der Waals surface area contributed by atoms with Crippen molar-refractivity contribution in [3.63, 3.8) is 0 Å². The molecule has 64 heavy (non-hydrogen) atoms. The van der Waals surface area contributed by atoms with Crippen LogP contribution in [0, 0.1) is 18.3 Å². The van der Waals surface area contributed by atoms with Gasteiger partial charge in [0.2, 0.25) is 15.9 Å². The number of aryl methyl sites for hydroxylation is 1. The lowest BCUT2D eigenvalue weighted by Crippen LogP contribution is -2.55. The number of hydrogen-bond donors (Lipinski definition) is 3. The van der Waals surface area contributed by atoms with E-state index in [1.807, 2.05) is 54.6 Å². The first kappa shape index (κ1) is 44.0. The van der Waals surface area contributed by atoms with Crippen LogP contribution < -0.4 is 24.8 Å². The number of anilines is 1. The average molecular weight is 919 g/mol. The topological polar surface area (TPSA) is 180 Å². The SMILES string of the molecule is CNc1ccc(S(=O)(=O)N2Cc3cc4c(cc3C[C@H]2C(=O)N[C@@H](Cc2ccc(-c3ccc(C#N)cc3)cc2)C(=O)O)OC[C@H](c2ccc(OCc3ccc(Cl)c(Cl)c3)cc2)O4)c(C)n1. The summed E-state index contributed by atoms with van der Waals surface area (Å²) < 4.78 is 48.9. The van der Waals surface area contributed by atoms with Crippen LogP contribution in [-0.2, 0) is 45.6 Å². The van der Waals surface area contributed by atoms with Crippen LogP contribution in [0.15, 0.2) is 120 Å². The van der Waals surface area contributed by atoms with Crippen molar-refractivity contribution in [1.29, 1.82) is 5.26 Å². The summed E-state index contributed by atoms with van der Waals surface area (Å²) in [7, 11) is -2.72. The minimum atomic E-state index is -4.39. The summed E-state index contributed by atoms with van der Waals surface area (Å²) in [4.78, 5) is 31.3. The number of carboxylic acids is 1. The van der Waals surface area contributed by atoms with Crippen LogP contribution >= 0.6 is 23.2 Å². The van der Waals surface area contributed by atoms with E-state index in [1.165, 1.54) is 12.1 Å². The van der Waals surface area contributed by atoms with Crippen molar-refractivity contribution in [3.8, 4) is 34.4 Å². The van der Waals surface area contributed by atoms with Crippen LogP contribution in [0.3, 0.4) is 0 Å². The van der Waals surface area contributed by atoms with Crippen LogP contribution in [0.2, 0.25) is 10.0 Å². The van der Waals surface area contributed by atoms with E-state index in [0.29, 0.717) is 62.0 Å². The molecule has 0 fully saturated rings. The maximum Gasteiger partial charge on any atom is 0.326 e. The van der Waals surface area contributed by atoms with Gasteiger partial charge in [-0.1, -0.05) is 77.8 Å². The fourth-order valence-corrected chi connectivity index (χ4v) is 9.75. The van der Waals surface area contributed by atoms with E-state index in [-0.39, 0.29) is 36.6 Å². The first-order chi connectivity index (χ1) is 30.8. The maximum absolute atomic E-state index is 14.6. The Morgan fingerprint density at radius 2 is 1.59 bits per heavy atom. The second-order valence-corrected chi connectivity index (χ2v) is 18.1. The Morgan fingerprint density at radius 3 is 2.25 bits per heavy atom. The summed E-state index contributed by atoms with van der Waals surface area (Å²) in [5, 5.41) is 25.9. The minimum absolute atomic E-state index is 0.0619. The molecular formula is C48H41Cl2N5O8S. The van der Waals surface area contributed by atoms with Gasteiger partial charge in [-0.15, -0.1) is 0 Å². The monoisotopic (exact) mass is 917 g/mol. The summed E-state index contributed by atoms with van der Waals surface area (Å²) in [6, 6.07) is 32.9. The molecule has 0 saturated heterocycles. The predicted molar refractivity (Wildman–Crippen MR) is 241 cm³/mol. The molecule has 13 nitrogen and oxygen atoms in total. The third kappa shape index (κ3) is 9.48. The number of carbonyl (C=O) groups excluding carboxylic acids is 1. The van der Waals surface area contributed by atoms with Gasteiger partial charge < -0.3 is 30.0 Å². The highest BCUT2D eigenvalue weighted by Gasteiger charge is 2.42. The molecule has 2 aliphatic rings. The number of ether oxygens (including phenoxy) is 3. The highest BCUT2D eigenvalue weighted by atomic mass is 35.5. The number of carboxylic acid groups (broad SMARTS) is 1. The minimum Gasteiger partial charge on any atom is -0.489 e. The zero-order chi connectivity index (χ0) is 45.1. The highest BCUT2D eigenvalue weighted by Crippen LogP contribution is 2.42. The Hall–Kier alpha value is -6.63. The highest BCUT2D eigenvalue weighted by molar-refractivity contribution is 7.89. The fraction of sp³-hybridized carbons (Fsp3) is 0.208. The normalized spacial score (nSPS) is 16.2. The molecule has 1 amide bonds. The molecule has 3 heterocycles. The number of sulfonamides is 1. The largest absolute Gasteiger partial charge is 0.489 e. The molecule has 6 aromatic rings. The van der Waals surface area contributed by atoms with Crippen LogP contribution in [0.1, 0.15) is 45.2 Å². The fourth-order valence-electron chi connectivity index (χ4n) is 7.70. The Kier molecular flexibility index (Phi) is 12.8. The molecule has 5 aromatic carbocycles. The number of hydrogen-bond acceptors (Lipinski definition) is 10. The summed E-state index contributed by atoms with van der Waals surface area (Å²) in [6.07, 6.45) is -0.624. The zero-order valence-electron chi connectivity index (χ0n) is 34.5. The van der Waals surface area contributed by atoms with Gasteiger partial charge in [-0.2, -0.15) is 9.57 Å². The van der Waals surface area contributed by atoms with Gasteiger partial charge in [-0.25, -0.2) is 18.2 Å². The second-order valence-electron chi connectivity index (χ2n) is 15.4. The van der Waals surface area contributed by atoms with Gasteiger partial charge in [0.25, 0.3) is 0 Å². The molecule has 3 atom stereocenters. The molecule has 3 N–H and O–H groups in total. The van der Waals surface area contributed by atoms with Crippen molar-refractivity contribution in [2.75, 3.05) is 19.0 Å². The molecule has 0 unspecified atom stereocenters. The molecule has 0 aliphatic carbocycles.